The first-order chi connectivity index (χ1) is 30.9. The largest absolute Gasteiger partial charge is 2.00 e. The van der Waals surface area contributed by atoms with Gasteiger partial charge >= 0.3 is 60.8 Å². The minimum Gasteiger partial charge on any atom is -0.550 e. The molecule has 0 heterocycles. The number of carboxylic acid groups (broad SMARTS) is 2. The summed E-state index contributed by atoms with van der Waals surface area (Å²) in [6, 6.07) is 20.0. The van der Waals surface area contributed by atoms with E-state index < -0.39 is 23.5 Å². The first-order valence-corrected chi connectivity index (χ1v) is 25.1. The normalized spacial score (nSPS) is 12.7. The molecule has 0 radical (unpaired) electrons. The van der Waals surface area contributed by atoms with Crippen molar-refractivity contribution in [2.24, 2.45) is 0 Å². The molecule has 0 saturated carbocycles. The van der Waals surface area contributed by atoms with Gasteiger partial charge in [0.05, 0.1) is 13.2 Å². The molecule has 0 aliphatic rings. The van der Waals surface area contributed by atoms with Crippen LogP contribution >= 0.6 is 0 Å². The van der Waals surface area contributed by atoms with E-state index in [1.807, 2.05) is 60.7 Å². The van der Waals surface area contributed by atoms with Gasteiger partial charge in [0.2, 0.25) is 11.6 Å². The molecule has 0 aromatic heterocycles. The first-order valence-electron chi connectivity index (χ1n) is 25.1. The molecule has 0 spiro atoms. The van der Waals surface area contributed by atoms with E-state index in [2.05, 4.69) is 13.8 Å². The monoisotopic (exact) mass is 1030 g/mol. The Kier molecular flexibility index (Phi) is 40.5. The van der Waals surface area contributed by atoms with Gasteiger partial charge in [0, 0.05) is 51.5 Å². The smallest absolute Gasteiger partial charge is 0.550 e. The number of carbonyl (C=O) groups is 4. The summed E-state index contributed by atoms with van der Waals surface area (Å²) in [6.07, 6.45) is 28.3. The van der Waals surface area contributed by atoms with Gasteiger partial charge in [-0.15, -0.1) is 0 Å². The number of hydrogen-bond donors (Lipinski definition) is 0. The molecular formula is C54H86BaO10. The van der Waals surface area contributed by atoms with Gasteiger partial charge < -0.3 is 38.7 Å². The van der Waals surface area contributed by atoms with E-state index in [0.29, 0.717) is 38.9 Å². The number of hydrogen-bond acceptors (Lipinski definition) is 10. The van der Waals surface area contributed by atoms with Crippen LogP contribution in [0.5, 0.6) is 0 Å². The molecule has 2 rings (SSSR count). The topological polar surface area (TPSA) is 151 Å². The molecule has 2 aromatic rings. The molecule has 0 saturated heterocycles. The number of ether oxygens (including phenoxy) is 4. The van der Waals surface area contributed by atoms with E-state index in [1.54, 1.807) is 0 Å². The number of carboxylic acids is 2. The maximum atomic E-state index is 12.0. The van der Waals surface area contributed by atoms with Crippen LogP contribution in [0, 0.1) is 0 Å². The number of aliphatic carboxylic acids is 2. The standard InChI is InChI=1S/2C27H44O5.Ba/c2*1-3-4-5-6-10-16-21-27(32-24(2)28,31-23-25-18-13-12-14-19-25)22-17-11-8-7-9-15-20-26(29)30;/h2*12-14,18-19H,3-11,15-17,20-23H2,1-2H3,(H,29,30);/q;;+2/p-2. The molecule has 364 valence electrons. The van der Waals surface area contributed by atoms with Gasteiger partial charge in [-0.3, -0.25) is 9.59 Å². The number of carbonyl (C=O) groups excluding carboxylic acids is 4. The third kappa shape index (κ3) is 36.5. The van der Waals surface area contributed by atoms with Crippen LogP contribution in [0.4, 0.5) is 0 Å². The predicted molar refractivity (Wildman–Crippen MR) is 257 cm³/mol. The molecule has 10 nitrogen and oxygen atoms in total. The van der Waals surface area contributed by atoms with Crippen LogP contribution in [0.25, 0.3) is 0 Å². The van der Waals surface area contributed by atoms with Crippen molar-refractivity contribution < 1.29 is 48.3 Å². The molecule has 0 bridgehead atoms. The van der Waals surface area contributed by atoms with Gasteiger partial charge in [-0.2, -0.15) is 0 Å². The molecule has 2 unspecified atom stereocenters. The molecular weight excluding hydrogens is 946 g/mol. The van der Waals surface area contributed by atoms with Crippen molar-refractivity contribution in [3.8, 4) is 0 Å². The summed E-state index contributed by atoms with van der Waals surface area (Å²) in [5.74, 6) is -4.29. The zero-order valence-electron chi connectivity index (χ0n) is 41.2. The van der Waals surface area contributed by atoms with Gasteiger partial charge in [-0.25, -0.2) is 0 Å². The summed E-state index contributed by atoms with van der Waals surface area (Å²) >= 11 is 0. The Morgan fingerprint density at radius 1 is 0.415 bits per heavy atom. The van der Waals surface area contributed by atoms with E-state index in [0.717, 1.165) is 114 Å². The van der Waals surface area contributed by atoms with E-state index >= 15 is 0 Å². The molecule has 0 aliphatic heterocycles. The summed E-state index contributed by atoms with van der Waals surface area (Å²) in [5.41, 5.74) is 2.14. The first kappa shape index (κ1) is 62.8. The van der Waals surface area contributed by atoms with Crippen molar-refractivity contribution in [2.75, 3.05) is 0 Å². The second kappa shape index (κ2) is 42.0. The van der Waals surface area contributed by atoms with Gasteiger partial charge in [0.15, 0.2) is 0 Å². The number of benzene rings is 2. The average Bonchev–Trinajstić information content (AvgIpc) is 3.27. The molecule has 0 fully saturated rings. The van der Waals surface area contributed by atoms with Crippen molar-refractivity contribution in [3.63, 3.8) is 0 Å². The molecule has 2 aromatic carbocycles. The van der Waals surface area contributed by atoms with Crippen molar-refractivity contribution in [1.82, 2.24) is 0 Å². The van der Waals surface area contributed by atoms with Gasteiger partial charge in [0.1, 0.15) is 0 Å². The molecule has 65 heavy (non-hydrogen) atoms. The summed E-state index contributed by atoms with van der Waals surface area (Å²) in [4.78, 5) is 44.9. The summed E-state index contributed by atoms with van der Waals surface area (Å²) in [7, 11) is 0. The molecule has 2 atom stereocenters. The van der Waals surface area contributed by atoms with Crippen molar-refractivity contribution in [1.29, 1.82) is 0 Å². The number of rotatable bonds is 40. The quantitative estimate of drug-likeness (QED) is 0.0273. The fraction of sp³-hybridized carbons (Fsp3) is 0.704. The van der Waals surface area contributed by atoms with Gasteiger partial charge in [-0.1, -0.05) is 190 Å². The minimum atomic E-state index is -0.971. The third-order valence-electron chi connectivity index (χ3n) is 11.5. The predicted octanol–water partition coefficient (Wildman–Crippen LogP) is 11.8. The van der Waals surface area contributed by atoms with E-state index in [1.165, 1.54) is 65.2 Å². The second-order valence-electron chi connectivity index (χ2n) is 17.6. The SMILES string of the molecule is CCCCCCCCC(CCCCCCCCC(=O)[O-])(OCc1ccccc1)OC(C)=O.CCCCCCCCC(CCCCCCCCC(=O)[O-])(OCc1ccccc1)OC(C)=O.[Ba+2]. The van der Waals surface area contributed by atoms with Crippen LogP contribution < -0.4 is 10.2 Å². The second-order valence-corrected chi connectivity index (χ2v) is 17.6. The molecule has 0 amide bonds. The van der Waals surface area contributed by atoms with Crippen LogP contribution in [0.3, 0.4) is 0 Å². The van der Waals surface area contributed by atoms with Crippen LogP contribution in [0.2, 0.25) is 0 Å². The zero-order chi connectivity index (χ0) is 47.0. The Morgan fingerprint density at radius 3 is 0.938 bits per heavy atom. The van der Waals surface area contributed by atoms with E-state index in [4.69, 9.17) is 18.9 Å². The zero-order valence-corrected chi connectivity index (χ0v) is 45.6. The van der Waals surface area contributed by atoms with Crippen LogP contribution in [0.1, 0.15) is 231 Å². The van der Waals surface area contributed by atoms with Crippen LogP contribution in [-0.2, 0) is 51.3 Å². The number of esters is 2. The van der Waals surface area contributed by atoms with Gasteiger partial charge in [-0.05, 0) is 62.5 Å². The summed E-state index contributed by atoms with van der Waals surface area (Å²) < 4.78 is 24.3. The maximum Gasteiger partial charge on any atom is 2.00 e. The fourth-order valence-corrected chi connectivity index (χ4v) is 7.99. The molecule has 0 aliphatic carbocycles. The Hall–Kier alpha value is -2.19. The van der Waals surface area contributed by atoms with Gasteiger partial charge in [0.25, 0.3) is 0 Å². The summed E-state index contributed by atoms with van der Waals surface area (Å²) in [5, 5.41) is 21.0. The molecule has 11 heteroatoms. The average molecular weight is 1030 g/mol. The fourth-order valence-electron chi connectivity index (χ4n) is 7.99. The third-order valence-corrected chi connectivity index (χ3v) is 11.5. The van der Waals surface area contributed by atoms with Crippen molar-refractivity contribution in [3.05, 3.63) is 71.8 Å². The van der Waals surface area contributed by atoms with Crippen LogP contribution in [0.15, 0.2) is 60.7 Å². The van der Waals surface area contributed by atoms with E-state index in [-0.39, 0.29) is 73.7 Å². The van der Waals surface area contributed by atoms with Crippen LogP contribution in [-0.4, -0.2) is 84.3 Å². The minimum absolute atomic E-state index is 0. The Labute approximate surface area is 434 Å². The Morgan fingerprint density at radius 2 is 0.677 bits per heavy atom. The Bertz CT molecular complexity index is 1350. The van der Waals surface area contributed by atoms with E-state index in [9.17, 15) is 29.4 Å². The summed E-state index contributed by atoms with van der Waals surface area (Å²) in [6.45, 7) is 8.19. The number of unbranched alkanes of at least 4 members (excludes halogenated alkanes) is 20. The van der Waals surface area contributed by atoms with Crippen molar-refractivity contribution in [2.45, 2.75) is 245 Å². The maximum absolute atomic E-state index is 12.0. The molecule has 0 N–H and O–H groups in total. The van der Waals surface area contributed by atoms with Crippen molar-refractivity contribution >= 4 is 72.8 Å². The Balaban J connectivity index is 0.00000124.